The van der Waals surface area contributed by atoms with Gasteiger partial charge in [-0.05, 0) is 37.1 Å². The fourth-order valence-electron chi connectivity index (χ4n) is 5.98. The number of benzene rings is 1. The average Bonchev–Trinajstić information content (AvgIpc) is 3.43. The number of piperazine rings is 1. The molecule has 2 aromatic heterocycles. The first-order valence-electron chi connectivity index (χ1n) is 13.8. The summed E-state index contributed by atoms with van der Waals surface area (Å²) in [5.74, 6) is -0.364. The topological polar surface area (TPSA) is 98.6 Å². The fourth-order valence-corrected chi connectivity index (χ4v) is 5.98. The minimum atomic E-state index is -0.340. The molecule has 3 aliphatic rings. The molecule has 1 aliphatic carbocycles. The van der Waals surface area contributed by atoms with E-state index in [0.29, 0.717) is 28.5 Å². The molecule has 0 unspecified atom stereocenters. The molecule has 0 radical (unpaired) electrons. The summed E-state index contributed by atoms with van der Waals surface area (Å²) in [6.45, 7) is 5.75. The average molecular weight is 535 g/mol. The van der Waals surface area contributed by atoms with E-state index in [0.717, 1.165) is 65.0 Å². The van der Waals surface area contributed by atoms with Crippen molar-refractivity contribution in [2.75, 3.05) is 63.6 Å². The minimum Gasteiger partial charge on any atom is -0.366 e. The van der Waals surface area contributed by atoms with Gasteiger partial charge in [-0.3, -0.25) is 19.1 Å². The van der Waals surface area contributed by atoms with Gasteiger partial charge in [0, 0.05) is 82.7 Å². The smallest absolute Gasteiger partial charge is 0.265 e. The Bertz CT molecular complexity index is 1440. The van der Waals surface area contributed by atoms with E-state index in [-0.39, 0.29) is 34.8 Å². The number of nitrogens with zero attached hydrogens (tertiary/aromatic N) is 6. The summed E-state index contributed by atoms with van der Waals surface area (Å²) in [5, 5.41) is 7.10. The number of hydrogen-bond donors (Lipinski definition) is 2. The van der Waals surface area contributed by atoms with Gasteiger partial charge in [-0.25, -0.2) is 9.37 Å². The molecule has 1 saturated carbocycles. The molecule has 0 spiro atoms. The standard InChI is InChI=1S/C28H35FN8O2/c1-34(2)26(38)22-13-18-15-31-28(33-25(18)37(27(22)39)20-5-3-4-6-20)32-19-7-8-24(23(29)14-19)36-16-21(17-36)35-11-9-30-10-12-35/h7-8,13-15,20-21,30H,3-6,9-12,16-17H2,1-2H3,(H,31,32,33). The summed E-state index contributed by atoms with van der Waals surface area (Å²) in [5.41, 5.74) is 1.40. The second kappa shape index (κ2) is 10.5. The van der Waals surface area contributed by atoms with Crippen LogP contribution in [0.4, 0.5) is 21.7 Å². The quantitative estimate of drug-likeness (QED) is 0.498. The first-order chi connectivity index (χ1) is 18.9. The Morgan fingerprint density at radius 3 is 2.54 bits per heavy atom. The summed E-state index contributed by atoms with van der Waals surface area (Å²) in [6.07, 6.45) is 5.39. The third kappa shape index (κ3) is 4.96. The summed E-state index contributed by atoms with van der Waals surface area (Å²) in [4.78, 5) is 41.2. The first kappa shape index (κ1) is 25.7. The van der Waals surface area contributed by atoms with Crippen LogP contribution in [-0.2, 0) is 0 Å². The van der Waals surface area contributed by atoms with Gasteiger partial charge in [0.25, 0.3) is 11.5 Å². The van der Waals surface area contributed by atoms with Gasteiger partial charge in [0.2, 0.25) is 5.95 Å². The van der Waals surface area contributed by atoms with E-state index in [1.165, 1.54) is 11.0 Å². The van der Waals surface area contributed by atoms with E-state index in [2.05, 4.69) is 30.4 Å². The van der Waals surface area contributed by atoms with Gasteiger partial charge in [0.15, 0.2) is 0 Å². The highest BCUT2D eigenvalue weighted by molar-refractivity contribution is 5.96. The van der Waals surface area contributed by atoms with Crippen molar-refractivity contribution in [3.8, 4) is 0 Å². The van der Waals surface area contributed by atoms with E-state index < -0.39 is 0 Å². The van der Waals surface area contributed by atoms with Gasteiger partial charge in [-0.2, -0.15) is 4.98 Å². The molecule has 6 rings (SSSR count). The van der Waals surface area contributed by atoms with Crippen LogP contribution in [-0.4, -0.2) is 89.6 Å². The summed E-state index contributed by atoms with van der Waals surface area (Å²) in [6, 6.07) is 7.11. The van der Waals surface area contributed by atoms with Crippen molar-refractivity contribution in [1.82, 2.24) is 29.7 Å². The lowest BCUT2D eigenvalue weighted by Gasteiger charge is -2.48. The first-order valence-corrected chi connectivity index (χ1v) is 13.8. The molecule has 3 aromatic rings. The van der Waals surface area contributed by atoms with E-state index in [1.807, 2.05) is 6.07 Å². The summed E-state index contributed by atoms with van der Waals surface area (Å²) >= 11 is 0. The number of carbonyl (C=O) groups is 1. The predicted octanol–water partition coefficient (Wildman–Crippen LogP) is 2.58. The highest BCUT2D eigenvalue weighted by Gasteiger charge is 2.33. The maximum absolute atomic E-state index is 15.1. The van der Waals surface area contributed by atoms with Crippen molar-refractivity contribution < 1.29 is 9.18 Å². The van der Waals surface area contributed by atoms with Gasteiger partial charge in [0.1, 0.15) is 17.0 Å². The molecule has 39 heavy (non-hydrogen) atoms. The lowest BCUT2D eigenvalue weighted by atomic mass is 10.0. The number of nitrogens with one attached hydrogen (secondary N) is 2. The number of rotatable bonds is 6. The zero-order chi connectivity index (χ0) is 27.1. The second-order valence-corrected chi connectivity index (χ2v) is 11.0. The van der Waals surface area contributed by atoms with Crippen molar-refractivity contribution in [3.63, 3.8) is 0 Å². The Kier molecular flexibility index (Phi) is 6.94. The van der Waals surface area contributed by atoms with Crippen LogP contribution in [0.5, 0.6) is 0 Å². The van der Waals surface area contributed by atoms with Gasteiger partial charge >= 0.3 is 0 Å². The Morgan fingerprint density at radius 2 is 1.85 bits per heavy atom. The van der Waals surface area contributed by atoms with Crippen molar-refractivity contribution in [1.29, 1.82) is 0 Å². The molecule has 11 heteroatoms. The molecule has 2 N–H and O–H groups in total. The molecular weight excluding hydrogens is 499 g/mol. The van der Waals surface area contributed by atoms with E-state index >= 15 is 4.39 Å². The second-order valence-electron chi connectivity index (χ2n) is 11.0. The molecule has 3 fully saturated rings. The molecule has 1 amide bonds. The Morgan fingerprint density at radius 1 is 1.10 bits per heavy atom. The molecule has 206 valence electrons. The van der Waals surface area contributed by atoms with Crippen LogP contribution in [0.15, 0.2) is 35.3 Å². The van der Waals surface area contributed by atoms with Gasteiger partial charge in [0.05, 0.1) is 5.69 Å². The monoisotopic (exact) mass is 534 g/mol. The number of fused-ring (bicyclic) bond motifs is 1. The molecule has 2 aliphatic heterocycles. The van der Waals surface area contributed by atoms with Crippen LogP contribution in [0.25, 0.3) is 11.0 Å². The maximum atomic E-state index is 15.1. The fraction of sp³-hybridized carbons (Fsp3) is 0.500. The lowest BCUT2D eigenvalue weighted by molar-refractivity contribution is 0.0825. The number of aromatic nitrogens is 3. The molecule has 10 nitrogen and oxygen atoms in total. The highest BCUT2D eigenvalue weighted by atomic mass is 19.1. The zero-order valence-corrected chi connectivity index (χ0v) is 22.5. The number of hydrogen-bond acceptors (Lipinski definition) is 8. The minimum absolute atomic E-state index is 0.0176. The Labute approximate surface area is 226 Å². The number of halogens is 1. The van der Waals surface area contributed by atoms with E-state index in [9.17, 15) is 9.59 Å². The summed E-state index contributed by atoms with van der Waals surface area (Å²) in [7, 11) is 3.26. The third-order valence-electron chi connectivity index (χ3n) is 8.17. The SMILES string of the molecule is CN(C)C(=O)c1cc2cnc(Nc3ccc(N4CC(N5CCNCC5)C4)c(F)c3)nc2n(C2CCCC2)c1=O. The Hall–Kier alpha value is -3.57. The highest BCUT2D eigenvalue weighted by Crippen LogP contribution is 2.32. The van der Waals surface area contributed by atoms with Crippen LogP contribution in [0.2, 0.25) is 0 Å². The van der Waals surface area contributed by atoms with Crippen LogP contribution < -0.4 is 21.1 Å². The Balaban J connectivity index is 1.24. The van der Waals surface area contributed by atoms with Crippen molar-refractivity contribution in [3.05, 3.63) is 52.2 Å². The zero-order valence-electron chi connectivity index (χ0n) is 22.5. The molecular formula is C28H35FN8O2. The van der Waals surface area contributed by atoms with Crippen LogP contribution >= 0.6 is 0 Å². The van der Waals surface area contributed by atoms with Crippen LogP contribution in [0.3, 0.4) is 0 Å². The molecule has 1 aromatic carbocycles. The van der Waals surface area contributed by atoms with E-state index in [4.69, 9.17) is 0 Å². The van der Waals surface area contributed by atoms with Gasteiger partial charge in [-0.1, -0.05) is 12.8 Å². The normalized spacial score (nSPS) is 18.9. The number of anilines is 3. The van der Waals surface area contributed by atoms with Gasteiger partial charge < -0.3 is 20.4 Å². The molecule has 4 heterocycles. The predicted molar refractivity (Wildman–Crippen MR) is 149 cm³/mol. The molecule has 2 saturated heterocycles. The number of carbonyl (C=O) groups excluding carboxylic acids is 1. The molecule has 0 bridgehead atoms. The van der Waals surface area contributed by atoms with Gasteiger partial charge in [-0.15, -0.1) is 0 Å². The largest absolute Gasteiger partial charge is 0.366 e. The number of amides is 1. The van der Waals surface area contributed by atoms with E-state index in [1.54, 1.807) is 37.0 Å². The van der Waals surface area contributed by atoms with Crippen molar-refractivity contribution in [2.24, 2.45) is 0 Å². The summed E-state index contributed by atoms with van der Waals surface area (Å²) < 4.78 is 16.8. The van der Waals surface area contributed by atoms with Crippen LogP contribution in [0, 0.1) is 5.82 Å². The third-order valence-corrected chi connectivity index (χ3v) is 8.17. The lowest BCUT2D eigenvalue weighted by Crippen LogP contribution is -2.63. The van der Waals surface area contributed by atoms with Crippen LogP contribution in [0.1, 0.15) is 42.1 Å². The maximum Gasteiger partial charge on any atom is 0.265 e. The van der Waals surface area contributed by atoms with Crippen molar-refractivity contribution >= 4 is 34.3 Å². The molecule has 0 atom stereocenters. The van der Waals surface area contributed by atoms with Crippen molar-refractivity contribution in [2.45, 2.75) is 37.8 Å². The number of pyridine rings is 1.